The summed E-state index contributed by atoms with van der Waals surface area (Å²) in [5, 5.41) is 10.5. The Bertz CT molecular complexity index is 230. The fourth-order valence-corrected chi connectivity index (χ4v) is 2.94. The van der Waals surface area contributed by atoms with E-state index in [-0.39, 0.29) is 0 Å². The highest BCUT2D eigenvalue weighted by molar-refractivity contribution is 4.99. The Hall–Kier alpha value is -0.120. The van der Waals surface area contributed by atoms with Crippen molar-refractivity contribution < 1.29 is 5.11 Å². The molecule has 3 nitrogen and oxygen atoms in total. The molecule has 0 bridgehead atoms. The largest absolute Gasteiger partial charge is 0.387 e. The lowest BCUT2D eigenvalue weighted by Crippen LogP contribution is -2.51. The van der Waals surface area contributed by atoms with Gasteiger partial charge in [0.15, 0.2) is 0 Å². The number of aliphatic hydroxyl groups is 1. The van der Waals surface area contributed by atoms with E-state index in [1.54, 1.807) is 0 Å². The van der Waals surface area contributed by atoms with Crippen molar-refractivity contribution in [2.24, 2.45) is 17.6 Å². The van der Waals surface area contributed by atoms with E-state index in [1.807, 2.05) is 0 Å². The monoisotopic (exact) mass is 212 g/mol. The number of β-amino-alcohol motifs (C(OH)–C–C–N with tert-alkyl or cyclic N) is 1. The van der Waals surface area contributed by atoms with Crippen LogP contribution in [-0.2, 0) is 0 Å². The van der Waals surface area contributed by atoms with Crippen LogP contribution < -0.4 is 5.73 Å². The SMILES string of the molecule is CC1CC(C)N(CC(O)(CN)C2CC2)C1. The maximum Gasteiger partial charge on any atom is 0.0923 e. The molecule has 0 aromatic rings. The quantitative estimate of drug-likeness (QED) is 0.725. The predicted molar refractivity (Wildman–Crippen MR) is 61.5 cm³/mol. The van der Waals surface area contributed by atoms with E-state index in [2.05, 4.69) is 18.7 Å². The van der Waals surface area contributed by atoms with Crippen molar-refractivity contribution in [2.45, 2.75) is 44.8 Å². The summed E-state index contributed by atoms with van der Waals surface area (Å²) in [5.74, 6) is 1.23. The molecule has 0 aromatic carbocycles. The number of rotatable bonds is 4. The summed E-state index contributed by atoms with van der Waals surface area (Å²) < 4.78 is 0. The standard InChI is InChI=1S/C12H24N2O/c1-9-5-10(2)14(6-9)8-12(15,7-13)11-3-4-11/h9-11,15H,3-8,13H2,1-2H3. The molecule has 88 valence electrons. The molecular formula is C12H24N2O. The Morgan fingerprint density at radius 3 is 2.47 bits per heavy atom. The van der Waals surface area contributed by atoms with Crippen molar-refractivity contribution in [3.05, 3.63) is 0 Å². The van der Waals surface area contributed by atoms with Crippen LogP contribution in [0.4, 0.5) is 0 Å². The molecule has 2 aliphatic rings. The van der Waals surface area contributed by atoms with Crippen LogP contribution in [0.25, 0.3) is 0 Å². The van der Waals surface area contributed by atoms with Crippen molar-refractivity contribution in [1.29, 1.82) is 0 Å². The molecule has 1 heterocycles. The van der Waals surface area contributed by atoms with Crippen molar-refractivity contribution in [1.82, 2.24) is 4.90 Å². The van der Waals surface area contributed by atoms with E-state index in [4.69, 9.17) is 5.73 Å². The van der Waals surface area contributed by atoms with Gasteiger partial charge in [-0.2, -0.15) is 0 Å². The average Bonchev–Trinajstić information content (AvgIpc) is 2.96. The van der Waals surface area contributed by atoms with Crippen LogP contribution in [0.3, 0.4) is 0 Å². The minimum atomic E-state index is -0.613. The van der Waals surface area contributed by atoms with E-state index in [9.17, 15) is 5.11 Å². The molecule has 0 spiro atoms. The molecule has 3 atom stereocenters. The molecule has 15 heavy (non-hydrogen) atoms. The Morgan fingerprint density at radius 2 is 2.07 bits per heavy atom. The predicted octanol–water partition coefficient (Wildman–Crippen LogP) is 0.816. The van der Waals surface area contributed by atoms with Gasteiger partial charge < -0.3 is 10.8 Å². The van der Waals surface area contributed by atoms with Crippen molar-refractivity contribution in [3.63, 3.8) is 0 Å². The van der Waals surface area contributed by atoms with Gasteiger partial charge in [0.1, 0.15) is 0 Å². The molecule has 3 unspecified atom stereocenters. The van der Waals surface area contributed by atoms with Gasteiger partial charge in [-0.1, -0.05) is 6.92 Å². The third-order valence-corrected chi connectivity index (χ3v) is 4.08. The Balaban J connectivity index is 1.94. The van der Waals surface area contributed by atoms with Gasteiger partial charge >= 0.3 is 0 Å². The first-order valence-corrected chi connectivity index (χ1v) is 6.21. The summed E-state index contributed by atoms with van der Waals surface area (Å²) in [6, 6.07) is 0.608. The lowest BCUT2D eigenvalue weighted by atomic mass is 9.97. The summed E-state index contributed by atoms with van der Waals surface area (Å²) >= 11 is 0. The summed E-state index contributed by atoms with van der Waals surface area (Å²) in [6.07, 6.45) is 3.57. The van der Waals surface area contributed by atoms with Crippen LogP contribution >= 0.6 is 0 Å². The molecule has 1 aliphatic heterocycles. The zero-order chi connectivity index (χ0) is 11.1. The molecule has 1 saturated heterocycles. The van der Waals surface area contributed by atoms with Gasteiger partial charge in [0.05, 0.1) is 5.60 Å². The van der Waals surface area contributed by atoms with Crippen LogP contribution in [-0.4, -0.2) is 41.3 Å². The third kappa shape index (κ3) is 2.35. The van der Waals surface area contributed by atoms with Crippen molar-refractivity contribution in [2.75, 3.05) is 19.6 Å². The van der Waals surface area contributed by atoms with Crippen LogP contribution in [0.15, 0.2) is 0 Å². The molecule has 1 aliphatic carbocycles. The third-order valence-electron chi connectivity index (χ3n) is 4.08. The zero-order valence-electron chi connectivity index (χ0n) is 9.95. The van der Waals surface area contributed by atoms with E-state index in [0.29, 0.717) is 18.5 Å². The van der Waals surface area contributed by atoms with Crippen molar-refractivity contribution >= 4 is 0 Å². The lowest BCUT2D eigenvalue weighted by Gasteiger charge is -2.33. The second kappa shape index (κ2) is 4.04. The van der Waals surface area contributed by atoms with Crippen LogP contribution in [0.5, 0.6) is 0 Å². The van der Waals surface area contributed by atoms with Crippen LogP contribution in [0, 0.1) is 11.8 Å². The van der Waals surface area contributed by atoms with Crippen molar-refractivity contribution in [3.8, 4) is 0 Å². The molecule has 2 rings (SSSR count). The molecule has 3 N–H and O–H groups in total. The zero-order valence-corrected chi connectivity index (χ0v) is 9.95. The maximum absolute atomic E-state index is 10.5. The molecule has 3 heteroatoms. The fourth-order valence-electron chi connectivity index (χ4n) is 2.94. The van der Waals surface area contributed by atoms with E-state index < -0.39 is 5.60 Å². The smallest absolute Gasteiger partial charge is 0.0923 e. The highest BCUT2D eigenvalue weighted by Crippen LogP contribution is 2.40. The molecule has 2 fully saturated rings. The second-order valence-electron chi connectivity index (χ2n) is 5.70. The minimum Gasteiger partial charge on any atom is -0.387 e. The molecule has 0 amide bonds. The number of nitrogens with two attached hydrogens (primary N) is 1. The van der Waals surface area contributed by atoms with Gasteiger partial charge in [0.25, 0.3) is 0 Å². The number of likely N-dealkylation sites (tertiary alicyclic amines) is 1. The maximum atomic E-state index is 10.5. The number of nitrogens with zero attached hydrogens (tertiary/aromatic N) is 1. The molecule has 1 saturated carbocycles. The molecule has 0 aromatic heterocycles. The van der Waals surface area contributed by atoms with Crippen LogP contribution in [0.1, 0.15) is 33.1 Å². The fraction of sp³-hybridized carbons (Fsp3) is 1.00. The first-order chi connectivity index (χ1) is 7.05. The highest BCUT2D eigenvalue weighted by Gasteiger charge is 2.45. The normalized spacial score (nSPS) is 36.8. The van der Waals surface area contributed by atoms with E-state index >= 15 is 0 Å². The summed E-state index contributed by atoms with van der Waals surface area (Å²) in [7, 11) is 0. The highest BCUT2D eigenvalue weighted by atomic mass is 16.3. The van der Waals surface area contributed by atoms with Gasteiger partial charge in [-0.25, -0.2) is 0 Å². The van der Waals surface area contributed by atoms with E-state index in [1.165, 1.54) is 6.42 Å². The van der Waals surface area contributed by atoms with Gasteiger partial charge in [-0.05, 0) is 38.0 Å². The minimum absolute atomic E-state index is 0.412. The van der Waals surface area contributed by atoms with E-state index in [0.717, 1.165) is 31.8 Å². The summed E-state index contributed by atoms with van der Waals surface area (Å²) in [5.41, 5.74) is 5.12. The summed E-state index contributed by atoms with van der Waals surface area (Å²) in [4.78, 5) is 2.41. The first kappa shape index (κ1) is 11.4. The topological polar surface area (TPSA) is 49.5 Å². The first-order valence-electron chi connectivity index (χ1n) is 6.21. The molecular weight excluding hydrogens is 188 g/mol. The molecule has 0 radical (unpaired) electrons. The number of hydrogen-bond acceptors (Lipinski definition) is 3. The van der Waals surface area contributed by atoms with Gasteiger partial charge in [-0.3, -0.25) is 4.90 Å². The van der Waals surface area contributed by atoms with Gasteiger partial charge in [-0.15, -0.1) is 0 Å². The Morgan fingerprint density at radius 1 is 1.40 bits per heavy atom. The number of hydrogen-bond donors (Lipinski definition) is 2. The van der Waals surface area contributed by atoms with Gasteiger partial charge in [0, 0.05) is 25.7 Å². The van der Waals surface area contributed by atoms with Gasteiger partial charge in [0.2, 0.25) is 0 Å². The lowest BCUT2D eigenvalue weighted by molar-refractivity contribution is -0.0105. The summed E-state index contributed by atoms with van der Waals surface area (Å²) in [6.45, 7) is 6.85. The average molecular weight is 212 g/mol. The Labute approximate surface area is 92.6 Å². The van der Waals surface area contributed by atoms with Crippen LogP contribution in [0.2, 0.25) is 0 Å². The second-order valence-corrected chi connectivity index (χ2v) is 5.70. The Kier molecular flexibility index (Phi) is 3.06.